The average Bonchev–Trinajstić information content (AvgIpc) is 2.89. The first-order valence-electron chi connectivity index (χ1n) is 5.97. The van der Waals surface area contributed by atoms with Gasteiger partial charge in [0.15, 0.2) is 0 Å². The molecule has 1 aliphatic heterocycles. The lowest BCUT2D eigenvalue weighted by Gasteiger charge is -2.39. The first-order valence-corrected chi connectivity index (χ1v) is 5.97. The lowest BCUT2D eigenvalue weighted by molar-refractivity contribution is 0.0860. The molecule has 0 atom stereocenters. The Kier molecular flexibility index (Phi) is 2.59. The fourth-order valence-corrected chi connectivity index (χ4v) is 2.30. The van der Waals surface area contributed by atoms with Gasteiger partial charge in [-0.25, -0.2) is 4.39 Å². The summed E-state index contributed by atoms with van der Waals surface area (Å²) in [5.41, 5.74) is -0.260. The van der Waals surface area contributed by atoms with E-state index in [-0.39, 0.29) is 0 Å². The third kappa shape index (κ3) is 2.28. The molecule has 14 heavy (non-hydrogen) atoms. The Morgan fingerprint density at radius 3 is 2.14 bits per heavy atom. The number of halogens is 1. The highest BCUT2D eigenvalue weighted by molar-refractivity contribution is 4.97. The fourth-order valence-electron chi connectivity index (χ4n) is 2.30. The van der Waals surface area contributed by atoms with E-state index in [9.17, 15) is 4.39 Å². The van der Waals surface area contributed by atoms with Crippen molar-refractivity contribution in [3.63, 3.8) is 0 Å². The van der Waals surface area contributed by atoms with Crippen LogP contribution in [0.25, 0.3) is 0 Å². The molecule has 0 bridgehead atoms. The molecule has 2 heteroatoms. The molecule has 1 saturated carbocycles. The number of rotatable bonds is 3. The van der Waals surface area contributed by atoms with Crippen LogP contribution >= 0.6 is 0 Å². The highest BCUT2D eigenvalue weighted by Gasteiger charge is 2.45. The van der Waals surface area contributed by atoms with Crippen molar-refractivity contribution in [3.8, 4) is 0 Å². The van der Waals surface area contributed by atoms with Gasteiger partial charge in [0.25, 0.3) is 0 Å². The predicted molar refractivity (Wildman–Crippen MR) is 57.1 cm³/mol. The smallest absolute Gasteiger partial charge is 0.123 e. The van der Waals surface area contributed by atoms with Crippen molar-refractivity contribution in [1.82, 2.24) is 4.90 Å². The summed E-state index contributed by atoms with van der Waals surface area (Å²) in [6.07, 6.45) is 5.36. The Hall–Kier alpha value is -0.110. The van der Waals surface area contributed by atoms with Crippen LogP contribution in [0.5, 0.6) is 0 Å². The molecule has 1 saturated heterocycles. The maximum atomic E-state index is 13.5. The van der Waals surface area contributed by atoms with Gasteiger partial charge in [-0.15, -0.1) is 0 Å². The molecule has 0 radical (unpaired) electrons. The van der Waals surface area contributed by atoms with Gasteiger partial charge in [0.2, 0.25) is 0 Å². The number of hydrogen-bond donors (Lipinski definition) is 0. The molecule has 82 valence electrons. The van der Waals surface area contributed by atoms with Crippen molar-refractivity contribution < 1.29 is 4.39 Å². The largest absolute Gasteiger partial charge is 0.300 e. The van der Waals surface area contributed by atoms with E-state index in [4.69, 9.17) is 0 Å². The van der Waals surface area contributed by atoms with Crippen LogP contribution in [-0.4, -0.2) is 30.2 Å². The van der Waals surface area contributed by atoms with Gasteiger partial charge < -0.3 is 4.90 Å². The normalized spacial score (nSPS) is 30.2. The predicted octanol–water partition coefficient (Wildman–Crippen LogP) is 3.00. The van der Waals surface area contributed by atoms with E-state index in [2.05, 4.69) is 18.7 Å². The van der Waals surface area contributed by atoms with Gasteiger partial charge in [-0.1, -0.05) is 20.3 Å². The third-order valence-corrected chi connectivity index (χ3v) is 4.22. The Bertz CT molecular complexity index is 202. The molecule has 0 aromatic carbocycles. The van der Waals surface area contributed by atoms with E-state index in [1.54, 1.807) is 0 Å². The summed E-state index contributed by atoms with van der Waals surface area (Å²) in [5.74, 6) is 0. The topological polar surface area (TPSA) is 3.24 Å². The van der Waals surface area contributed by atoms with Crippen LogP contribution in [0, 0.1) is 5.41 Å². The van der Waals surface area contributed by atoms with Gasteiger partial charge >= 0.3 is 0 Å². The second kappa shape index (κ2) is 3.48. The Morgan fingerprint density at radius 1 is 1.14 bits per heavy atom. The summed E-state index contributed by atoms with van der Waals surface area (Å²) in [5, 5.41) is 0. The molecule has 2 fully saturated rings. The SMILES string of the molecule is CCC1(C)CCN(CC2(F)CC2)CC1. The highest BCUT2D eigenvalue weighted by Crippen LogP contribution is 2.42. The molecule has 0 spiro atoms. The summed E-state index contributed by atoms with van der Waals surface area (Å²) in [7, 11) is 0. The van der Waals surface area contributed by atoms with E-state index in [0.29, 0.717) is 12.0 Å². The van der Waals surface area contributed by atoms with E-state index in [1.165, 1.54) is 19.3 Å². The van der Waals surface area contributed by atoms with Crippen molar-refractivity contribution in [2.75, 3.05) is 19.6 Å². The van der Waals surface area contributed by atoms with Crippen LogP contribution in [0.1, 0.15) is 46.0 Å². The van der Waals surface area contributed by atoms with Crippen molar-refractivity contribution >= 4 is 0 Å². The van der Waals surface area contributed by atoms with Crippen molar-refractivity contribution in [1.29, 1.82) is 0 Å². The molecule has 2 rings (SSSR count). The number of nitrogens with zero attached hydrogens (tertiary/aromatic N) is 1. The molecule has 0 aromatic heterocycles. The van der Waals surface area contributed by atoms with Crippen LogP contribution in [0.4, 0.5) is 4.39 Å². The molecule has 1 aliphatic carbocycles. The van der Waals surface area contributed by atoms with Crippen molar-refractivity contribution in [2.45, 2.75) is 51.6 Å². The molecule has 2 aliphatic rings. The maximum Gasteiger partial charge on any atom is 0.123 e. The first kappa shape index (κ1) is 10.4. The summed E-state index contributed by atoms with van der Waals surface area (Å²) in [6.45, 7) is 7.55. The van der Waals surface area contributed by atoms with E-state index < -0.39 is 5.67 Å². The van der Waals surface area contributed by atoms with Crippen LogP contribution < -0.4 is 0 Å². The lowest BCUT2D eigenvalue weighted by Crippen LogP contribution is -2.41. The zero-order valence-corrected chi connectivity index (χ0v) is 9.48. The van der Waals surface area contributed by atoms with Crippen molar-refractivity contribution in [2.24, 2.45) is 5.41 Å². The average molecular weight is 199 g/mol. The minimum Gasteiger partial charge on any atom is -0.300 e. The minimum atomic E-state index is -0.792. The molecule has 0 unspecified atom stereocenters. The standard InChI is InChI=1S/C12H22FN/c1-3-11(2)6-8-14(9-7-11)10-12(13)4-5-12/h3-10H2,1-2H3. The van der Waals surface area contributed by atoms with Gasteiger partial charge in [0.1, 0.15) is 5.67 Å². The van der Waals surface area contributed by atoms with Gasteiger partial charge in [0, 0.05) is 6.54 Å². The molecule has 0 amide bonds. The first-order chi connectivity index (χ1) is 6.55. The number of hydrogen-bond acceptors (Lipinski definition) is 1. The molecule has 0 N–H and O–H groups in total. The van der Waals surface area contributed by atoms with Gasteiger partial charge in [0.05, 0.1) is 0 Å². The monoisotopic (exact) mass is 199 g/mol. The van der Waals surface area contributed by atoms with Gasteiger partial charge in [-0.3, -0.25) is 0 Å². The van der Waals surface area contributed by atoms with Crippen LogP contribution in [0.2, 0.25) is 0 Å². The van der Waals surface area contributed by atoms with Crippen molar-refractivity contribution in [3.05, 3.63) is 0 Å². The second-order valence-corrected chi connectivity index (χ2v) is 5.59. The summed E-state index contributed by atoms with van der Waals surface area (Å²) >= 11 is 0. The zero-order valence-electron chi connectivity index (χ0n) is 9.48. The highest BCUT2D eigenvalue weighted by atomic mass is 19.1. The third-order valence-electron chi connectivity index (χ3n) is 4.22. The number of likely N-dealkylation sites (tertiary alicyclic amines) is 1. The number of alkyl halides is 1. The van der Waals surface area contributed by atoms with Gasteiger partial charge in [-0.2, -0.15) is 0 Å². The van der Waals surface area contributed by atoms with Crippen LogP contribution in [-0.2, 0) is 0 Å². The Labute approximate surface area is 86.7 Å². The van der Waals surface area contributed by atoms with Gasteiger partial charge in [-0.05, 0) is 44.2 Å². The second-order valence-electron chi connectivity index (χ2n) is 5.59. The minimum absolute atomic E-state index is 0.531. The number of piperidine rings is 1. The molecular weight excluding hydrogens is 177 g/mol. The summed E-state index contributed by atoms with van der Waals surface area (Å²) in [4.78, 5) is 2.32. The molecular formula is C12H22FN. The van der Waals surface area contributed by atoms with E-state index in [1.807, 2.05) is 0 Å². The fraction of sp³-hybridized carbons (Fsp3) is 1.00. The summed E-state index contributed by atoms with van der Waals surface area (Å²) < 4.78 is 13.5. The Morgan fingerprint density at radius 2 is 1.71 bits per heavy atom. The lowest BCUT2D eigenvalue weighted by atomic mass is 9.78. The maximum absolute atomic E-state index is 13.5. The van der Waals surface area contributed by atoms with E-state index in [0.717, 1.165) is 25.9 Å². The van der Waals surface area contributed by atoms with Crippen LogP contribution in [0.3, 0.4) is 0 Å². The molecule has 1 heterocycles. The molecule has 1 nitrogen and oxygen atoms in total. The quantitative estimate of drug-likeness (QED) is 0.675. The Balaban J connectivity index is 1.78. The van der Waals surface area contributed by atoms with E-state index >= 15 is 0 Å². The van der Waals surface area contributed by atoms with Crippen LogP contribution in [0.15, 0.2) is 0 Å². The summed E-state index contributed by atoms with van der Waals surface area (Å²) in [6, 6.07) is 0. The molecule has 0 aromatic rings. The zero-order chi connectivity index (χ0) is 10.2.